The number of nitrogens with one attached hydrogen (secondary N) is 1. The summed E-state index contributed by atoms with van der Waals surface area (Å²) in [5, 5.41) is 5.19. The molecule has 0 spiro atoms. The van der Waals surface area contributed by atoms with Gasteiger partial charge >= 0.3 is 12.0 Å². The Kier molecular flexibility index (Phi) is 7.23. The fourth-order valence-corrected chi connectivity index (χ4v) is 3.83. The van der Waals surface area contributed by atoms with Crippen molar-refractivity contribution in [3.8, 4) is 11.1 Å². The molecule has 0 fully saturated rings. The molecule has 172 valence electrons. The number of ether oxygens (including phenoxy) is 1. The molecule has 0 aliphatic rings. The Labute approximate surface area is 200 Å². The predicted molar refractivity (Wildman–Crippen MR) is 138 cm³/mol. The smallest absolute Gasteiger partial charge is 0.326 e. The standard InChI is InChI=1S/C29H28N2O3/c1-3-34-28(32)18-13-21-11-14-23(15-12-21)25-9-6-10-27(20-25)31(2)29(33)30-26-17-16-22-7-4-5-8-24(22)19-26/h4-12,14-17,19-20H,3,13,18H2,1-2H3,(H,30,33). The molecule has 0 bridgehead atoms. The van der Waals surface area contributed by atoms with Crippen molar-refractivity contribution in [1.82, 2.24) is 0 Å². The molecule has 0 radical (unpaired) electrons. The van der Waals surface area contributed by atoms with E-state index in [9.17, 15) is 9.59 Å². The molecular formula is C29H28N2O3. The van der Waals surface area contributed by atoms with Crippen LogP contribution >= 0.6 is 0 Å². The van der Waals surface area contributed by atoms with E-state index >= 15 is 0 Å². The molecular weight excluding hydrogens is 424 g/mol. The third-order valence-corrected chi connectivity index (χ3v) is 5.75. The van der Waals surface area contributed by atoms with Crippen molar-refractivity contribution in [3.05, 3.63) is 96.6 Å². The number of amides is 2. The van der Waals surface area contributed by atoms with Gasteiger partial charge in [-0.3, -0.25) is 9.69 Å². The Morgan fingerprint density at radius 3 is 2.35 bits per heavy atom. The Morgan fingerprint density at radius 2 is 1.59 bits per heavy atom. The van der Waals surface area contributed by atoms with Crippen molar-refractivity contribution in [2.45, 2.75) is 19.8 Å². The van der Waals surface area contributed by atoms with Gasteiger partial charge < -0.3 is 10.1 Å². The van der Waals surface area contributed by atoms with E-state index in [1.807, 2.05) is 97.9 Å². The summed E-state index contributed by atoms with van der Waals surface area (Å²) < 4.78 is 4.99. The predicted octanol–water partition coefficient (Wildman–Crippen LogP) is 6.67. The molecule has 34 heavy (non-hydrogen) atoms. The molecule has 0 aliphatic carbocycles. The second-order valence-corrected chi connectivity index (χ2v) is 8.10. The van der Waals surface area contributed by atoms with Crippen LogP contribution < -0.4 is 10.2 Å². The molecule has 0 unspecified atom stereocenters. The molecule has 1 N–H and O–H groups in total. The number of aryl methyl sites for hydroxylation is 1. The van der Waals surface area contributed by atoms with Gasteiger partial charge in [0.15, 0.2) is 0 Å². The number of hydrogen-bond acceptors (Lipinski definition) is 3. The minimum atomic E-state index is -0.207. The highest BCUT2D eigenvalue weighted by molar-refractivity contribution is 6.02. The van der Waals surface area contributed by atoms with Gasteiger partial charge in [0.1, 0.15) is 0 Å². The first-order valence-corrected chi connectivity index (χ1v) is 11.4. The maximum atomic E-state index is 12.9. The molecule has 5 heteroatoms. The summed E-state index contributed by atoms with van der Waals surface area (Å²) in [6.07, 6.45) is 1.02. The first kappa shape index (κ1) is 23.1. The number of carbonyl (C=O) groups excluding carboxylic acids is 2. The highest BCUT2D eigenvalue weighted by Crippen LogP contribution is 2.26. The lowest BCUT2D eigenvalue weighted by Crippen LogP contribution is -2.31. The fraction of sp³-hybridized carbons (Fsp3) is 0.172. The van der Waals surface area contributed by atoms with Crippen LogP contribution in [0.2, 0.25) is 0 Å². The quantitative estimate of drug-likeness (QED) is 0.319. The van der Waals surface area contributed by atoms with E-state index in [1.165, 1.54) is 0 Å². The molecule has 2 amide bonds. The van der Waals surface area contributed by atoms with Gasteiger partial charge in [-0.2, -0.15) is 0 Å². The van der Waals surface area contributed by atoms with Crippen LogP contribution in [-0.4, -0.2) is 25.7 Å². The summed E-state index contributed by atoms with van der Waals surface area (Å²) in [6, 6.07) is 29.7. The average molecular weight is 453 g/mol. The Balaban J connectivity index is 1.43. The highest BCUT2D eigenvalue weighted by atomic mass is 16.5. The Bertz CT molecular complexity index is 1300. The molecule has 5 nitrogen and oxygen atoms in total. The maximum Gasteiger partial charge on any atom is 0.326 e. The van der Waals surface area contributed by atoms with Crippen LogP contribution in [-0.2, 0) is 16.0 Å². The van der Waals surface area contributed by atoms with Crippen molar-refractivity contribution in [1.29, 1.82) is 0 Å². The van der Waals surface area contributed by atoms with Gasteiger partial charge in [-0.05, 0) is 65.1 Å². The first-order chi connectivity index (χ1) is 16.5. The Hall–Kier alpha value is -4.12. The number of nitrogens with zero attached hydrogens (tertiary/aromatic N) is 1. The third-order valence-electron chi connectivity index (χ3n) is 5.75. The molecule has 0 atom stereocenters. The van der Waals surface area contributed by atoms with Gasteiger partial charge in [0.05, 0.1) is 6.61 Å². The average Bonchev–Trinajstić information content (AvgIpc) is 2.87. The lowest BCUT2D eigenvalue weighted by atomic mass is 10.0. The van der Waals surface area contributed by atoms with Crippen molar-refractivity contribution in [3.63, 3.8) is 0 Å². The monoisotopic (exact) mass is 452 g/mol. The number of esters is 1. The summed E-state index contributed by atoms with van der Waals surface area (Å²) >= 11 is 0. The van der Waals surface area contributed by atoms with Gasteiger partial charge in [-0.1, -0.05) is 66.7 Å². The molecule has 0 aromatic heterocycles. The molecule has 0 heterocycles. The lowest BCUT2D eigenvalue weighted by Gasteiger charge is -2.19. The van der Waals surface area contributed by atoms with Crippen molar-refractivity contribution in [2.75, 3.05) is 23.9 Å². The molecule has 0 saturated heterocycles. The Morgan fingerprint density at radius 1 is 0.824 bits per heavy atom. The summed E-state index contributed by atoms with van der Waals surface area (Å²) in [4.78, 5) is 26.1. The van der Waals surface area contributed by atoms with Crippen LogP contribution in [0.15, 0.2) is 91.0 Å². The summed E-state index contributed by atoms with van der Waals surface area (Å²) in [6.45, 7) is 2.22. The van der Waals surface area contributed by atoms with E-state index in [0.29, 0.717) is 19.4 Å². The van der Waals surface area contributed by atoms with Gasteiger partial charge in [0.2, 0.25) is 0 Å². The summed E-state index contributed by atoms with van der Waals surface area (Å²) in [7, 11) is 1.76. The van der Waals surface area contributed by atoms with E-state index < -0.39 is 0 Å². The number of rotatable bonds is 7. The molecule has 0 saturated carbocycles. The molecule has 4 aromatic carbocycles. The minimum absolute atomic E-state index is 0.177. The van der Waals surface area contributed by atoms with Crippen LogP contribution in [0, 0.1) is 0 Å². The van der Waals surface area contributed by atoms with E-state index in [0.717, 1.165) is 38.8 Å². The van der Waals surface area contributed by atoms with Crippen molar-refractivity contribution >= 4 is 34.1 Å². The first-order valence-electron chi connectivity index (χ1n) is 11.4. The van der Waals surface area contributed by atoms with E-state index in [4.69, 9.17) is 4.74 Å². The second kappa shape index (κ2) is 10.7. The number of benzene rings is 4. The van der Waals surface area contributed by atoms with Crippen LogP contribution in [0.1, 0.15) is 18.9 Å². The van der Waals surface area contributed by atoms with Gasteiger partial charge in [-0.15, -0.1) is 0 Å². The molecule has 0 aliphatic heterocycles. The zero-order valence-corrected chi connectivity index (χ0v) is 19.5. The largest absolute Gasteiger partial charge is 0.466 e. The fourth-order valence-electron chi connectivity index (χ4n) is 3.83. The van der Waals surface area contributed by atoms with Crippen LogP contribution in [0.3, 0.4) is 0 Å². The topological polar surface area (TPSA) is 58.6 Å². The molecule has 4 rings (SSSR count). The second-order valence-electron chi connectivity index (χ2n) is 8.10. The molecule has 4 aromatic rings. The minimum Gasteiger partial charge on any atom is -0.466 e. The SMILES string of the molecule is CCOC(=O)CCc1ccc(-c2cccc(N(C)C(=O)Nc3ccc4ccccc4c3)c2)cc1. The maximum absolute atomic E-state index is 12.9. The van der Waals surface area contributed by atoms with Gasteiger partial charge in [-0.25, -0.2) is 4.79 Å². The number of fused-ring (bicyclic) bond motifs is 1. The zero-order chi connectivity index (χ0) is 23.9. The van der Waals surface area contributed by atoms with Crippen LogP contribution in [0.25, 0.3) is 21.9 Å². The lowest BCUT2D eigenvalue weighted by molar-refractivity contribution is -0.143. The zero-order valence-electron chi connectivity index (χ0n) is 19.5. The highest BCUT2D eigenvalue weighted by Gasteiger charge is 2.12. The van der Waals surface area contributed by atoms with Crippen LogP contribution in [0.5, 0.6) is 0 Å². The van der Waals surface area contributed by atoms with Crippen molar-refractivity contribution < 1.29 is 14.3 Å². The third kappa shape index (κ3) is 5.62. The van der Waals surface area contributed by atoms with Gasteiger partial charge in [0.25, 0.3) is 0 Å². The van der Waals surface area contributed by atoms with Crippen molar-refractivity contribution in [2.24, 2.45) is 0 Å². The van der Waals surface area contributed by atoms with E-state index in [-0.39, 0.29) is 12.0 Å². The van der Waals surface area contributed by atoms with Crippen LogP contribution in [0.4, 0.5) is 16.2 Å². The normalized spacial score (nSPS) is 10.6. The van der Waals surface area contributed by atoms with E-state index in [2.05, 4.69) is 5.32 Å². The van der Waals surface area contributed by atoms with Gasteiger partial charge in [0, 0.05) is 24.8 Å². The summed E-state index contributed by atoms with van der Waals surface area (Å²) in [5.41, 5.74) is 4.69. The summed E-state index contributed by atoms with van der Waals surface area (Å²) in [5.74, 6) is -0.177. The number of carbonyl (C=O) groups is 2. The van der Waals surface area contributed by atoms with E-state index in [1.54, 1.807) is 11.9 Å². The number of urea groups is 1. The number of anilines is 2. The number of hydrogen-bond donors (Lipinski definition) is 1.